The maximum atomic E-state index is 13.7. The Morgan fingerprint density at radius 2 is 2.26 bits per heavy atom. The van der Waals surface area contributed by atoms with Crippen LogP contribution in [0.1, 0.15) is 5.76 Å². The van der Waals surface area contributed by atoms with Crippen molar-refractivity contribution in [1.82, 2.24) is 10.3 Å². The standard InChI is InChI=1S/C16H14FN3O2S/c17-12-4-1-5-13-14(12)19-16(23-13)20-8-10(9-20)15(21)18-7-11-3-2-6-22-11/h1-6,10H,7-9H2,(H,18,21). The number of benzene rings is 1. The van der Waals surface area contributed by atoms with Crippen molar-refractivity contribution in [1.29, 1.82) is 0 Å². The van der Waals surface area contributed by atoms with E-state index in [1.54, 1.807) is 18.4 Å². The highest BCUT2D eigenvalue weighted by Gasteiger charge is 2.34. The molecule has 1 N–H and O–H groups in total. The van der Waals surface area contributed by atoms with Gasteiger partial charge >= 0.3 is 0 Å². The van der Waals surface area contributed by atoms with Crippen LogP contribution in [0.4, 0.5) is 9.52 Å². The van der Waals surface area contributed by atoms with Crippen molar-refractivity contribution >= 4 is 32.6 Å². The maximum absolute atomic E-state index is 13.7. The lowest BCUT2D eigenvalue weighted by Crippen LogP contribution is -2.53. The Labute approximate surface area is 135 Å². The average Bonchev–Trinajstić information content (AvgIpc) is 3.13. The van der Waals surface area contributed by atoms with Crippen molar-refractivity contribution in [2.75, 3.05) is 18.0 Å². The molecule has 0 bridgehead atoms. The number of aromatic nitrogens is 1. The molecule has 3 heterocycles. The van der Waals surface area contributed by atoms with E-state index in [4.69, 9.17) is 4.42 Å². The lowest BCUT2D eigenvalue weighted by atomic mass is 10.0. The Morgan fingerprint density at radius 3 is 3.00 bits per heavy atom. The van der Waals surface area contributed by atoms with Crippen molar-refractivity contribution in [2.45, 2.75) is 6.54 Å². The molecule has 4 rings (SSSR count). The Kier molecular flexibility index (Phi) is 3.49. The van der Waals surface area contributed by atoms with Crippen LogP contribution in [0.5, 0.6) is 0 Å². The first-order chi connectivity index (χ1) is 11.2. The van der Waals surface area contributed by atoms with Crippen LogP contribution in [0.2, 0.25) is 0 Å². The molecular formula is C16H14FN3O2S. The normalized spacial score (nSPS) is 14.9. The van der Waals surface area contributed by atoms with Crippen LogP contribution in [0.15, 0.2) is 41.0 Å². The second-order valence-corrected chi connectivity index (χ2v) is 6.49. The summed E-state index contributed by atoms with van der Waals surface area (Å²) >= 11 is 1.45. The van der Waals surface area contributed by atoms with Gasteiger partial charge in [-0.3, -0.25) is 4.79 Å². The van der Waals surface area contributed by atoms with Crippen LogP contribution in [-0.4, -0.2) is 24.0 Å². The van der Waals surface area contributed by atoms with Crippen LogP contribution >= 0.6 is 11.3 Å². The van der Waals surface area contributed by atoms with Crippen molar-refractivity contribution in [3.8, 4) is 0 Å². The van der Waals surface area contributed by atoms with Crippen molar-refractivity contribution < 1.29 is 13.6 Å². The van der Waals surface area contributed by atoms with Gasteiger partial charge in [-0.25, -0.2) is 9.37 Å². The highest BCUT2D eigenvalue weighted by Crippen LogP contribution is 2.33. The van der Waals surface area contributed by atoms with Gasteiger partial charge in [-0.1, -0.05) is 17.4 Å². The number of hydrogen-bond donors (Lipinski definition) is 1. The Bertz CT molecular complexity index is 840. The molecule has 5 nitrogen and oxygen atoms in total. The molecule has 118 valence electrons. The number of anilines is 1. The molecule has 23 heavy (non-hydrogen) atoms. The molecule has 1 saturated heterocycles. The summed E-state index contributed by atoms with van der Waals surface area (Å²) in [6.07, 6.45) is 1.58. The van der Waals surface area contributed by atoms with Gasteiger partial charge in [0.05, 0.1) is 23.4 Å². The zero-order chi connectivity index (χ0) is 15.8. The van der Waals surface area contributed by atoms with E-state index in [1.807, 2.05) is 17.0 Å². The van der Waals surface area contributed by atoms with E-state index < -0.39 is 0 Å². The number of nitrogens with one attached hydrogen (secondary N) is 1. The van der Waals surface area contributed by atoms with Gasteiger partial charge in [0, 0.05) is 13.1 Å². The van der Waals surface area contributed by atoms with Gasteiger partial charge in [0.15, 0.2) is 5.13 Å². The zero-order valence-corrected chi connectivity index (χ0v) is 13.0. The smallest absolute Gasteiger partial charge is 0.227 e. The molecule has 0 aliphatic carbocycles. The predicted octanol–water partition coefficient (Wildman–Crippen LogP) is 2.78. The van der Waals surface area contributed by atoms with Gasteiger partial charge in [0.1, 0.15) is 17.1 Å². The zero-order valence-electron chi connectivity index (χ0n) is 12.2. The fourth-order valence-corrected chi connectivity index (χ4v) is 3.57. The molecule has 3 aromatic rings. The van der Waals surface area contributed by atoms with Gasteiger partial charge in [-0.15, -0.1) is 0 Å². The minimum absolute atomic E-state index is 0.00458. The van der Waals surface area contributed by atoms with Crippen LogP contribution in [-0.2, 0) is 11.3 Å². The molecule has 1 fully saturated rings. The van der Waals surface area contributed by atoms with Crippen LogP contribution in [0, 0.1) is 11.7 Å². The number of para-hydroxylation sites is 1. The van der Waals surface area contributed by atoms with E-state index >= 15 is 0 Å². The molecule has 0 saturated carbocycles. The van der Waals surface area contributed by atoms with E-state index in [0.29, 0.717) is 25.2 Å². The third-order valence-corrected chi connectivity index (χ3v) is 4.98. The molecule has 0 spiro atoms. The largest absolute Gasteiger partial charge is 0.467 e. The van der Waals surface area contributed by atoms with Crippen molar-refractivity contribution in [2.24, 2.45) is 5.92 Å². The first-order valence-electron chi connectivity index (χ1n) is 7.31. The third kappa shape index (κ3) is 2.68. The minimum atomic E-state index is -0.307. The van der Waals surface area contributed by atoms with E-state index in [2.05, 4.69) is 10.3 Å². The molecule has 2 aromatic heterocycles. The van der Waals surface area contributed by atoms with Crippen LogP contribution < -0.4 is 10.2 Å². The number of rotatable bonds is 4. The van der Waals surface area contributed by atoms with Gasteiger partial charge in [-0.2, -0.15) is 0 Å². The molecule has 0 radical (unpaired) electrons. The second-order valence-electron chi connectivity index (χ2n) is 5.48. The van der Waals surface area contributed by atoms with Gasteiger partial charge < -0.3 is 14.6 Å². The number of amides is 1. The Morgan fingerprint density at radius 1 is 1.39 bits per heavy atom. The topological polar surface area (TPSA) is 58.4 Å². The number of halogens is 1. The first kappa shape index (κ1) is 14.2. The SMILES string of the molecule is O=C(NCc1ccco1)C1CN(c2nc3c(F)cccc3s2)C1. The number of hydrogen-bond acceptors (Lipinski definition) is 5. The second kappa shape index (κ2) is 5.66. The van der Waals surface area contributed by atoms with Crippen molar-refractivity contribution in [3.63, 3.8) is 0 Å². The molecule has 1 amide bonds. The third-order valence-electron chi connectivity index (χ3n) is 3.90. The Hall–Kier alpha value is -2.41. The summed E-state index contributed by atoms with van der Waals surface area (Å²) in [7, 11) is 0. The predicted molar refractivity (Wildman–Crippen MR) is 85.8 cm³/mol. The summed E-state index contributed by atoms with van der Waals surface area (Å²) in [5, 5.41) is 3.62. The lowest BCUT2D eigenvalue weighted by molar-refractivity contribution is -0.125. The first-order valence-corrected chi connectivity index (χ1v) is 8.12. The molecule has 1 aromatic carbocycles. The average molecular weight is 331 g/mol. The molecular weight excluding hydrogens is 317 g/mol. The van der Waals surface area contributed by atoms with Crippen molar-refractivity contribution in [3.05, 3.63) is 48.2 Å². The van der Waals surface area contributed by atoms with Crippen LogP contribution in [0.3, 0.4) is 0 Å². The minimum Gasteiger partial charge on any atom is -0.467 e. The fraction of sp³-hybridized carbons (Fsp3) is 0.250. The highest BCUT2D eigenvalue weighted by atomic mass is 32.1. The van der Waals surface area contributed by atoms with Crippen LogP contribution in [0.25, 0.3) is 10.2 Å². The number of carbonyl (C=O) groups excluding carboxylic acids is 1. The summed E-state index contributed by atoms with van der Waals surface area (Å²) in [5.74, 6) is 0.362. The summed E-state index contributed by atoms with van der Waals surface area (Å²) in [4.78, 5) is 18.4. The fourth-order valence-electron chi connectivity index (χ4n) is 2.57. The summed E-state index contributed by atoms with van der Waals surface area (Å²) in [5.41, 5.74) is 0.401. The summed E-state index contributed by atoms with van der Waals surface area (Å²) in [6.45, 7) is 1.60. The molecule has 0 atom stereocenters. The summed E-state index contributed by atoms with van der Waals surface area (Å²) in [6, 6.07) is 8.56. The molecule has 0 unspecified atom stereocenters. The highest BCUT2D eigenvalue weighted by molar-refractivity contribution is 7.22. The quantitative estimate of drug-likeness (QED) is 0.799. The van der Waals surface area contributed by atoms with E-state index in [0.717, 1.165) is 15.6 Å². The van der Waals surface area contributed by atoms with E-state index in [9.17, 15) is 9.18 Å². The number of carbonyl (C=O) groups is 1. The monoisotopic (exact) mass is 331 g/mol. The van der Waals surface area contributed by atoms with Gasteiger partial charge in [-0.05, 0) is 24.3 Å². The number of thiazole rings is 1. The molecule has 1 aliphatic rings. The van der Waals surface area contributed by atoms with E-state index in [1.165, 1.54) is 17.4 Å². The molecule has 1 aliphatic heterocycles. The Balaban J connectivity index is 1.36. The van der Waals surface area contributed by atoms with E-state index in [-0.39, 0.29) is 17.6 Å². The van der Waals surface area contributed by atoms with Gasteiger partial charge in [0.2, 0.25) is 5.91 Å². The summed E-state index contributed by atoms with van der Waals surface area (Å²) < 4.78 is 19.7. The van der Waals surface area contributed by atoms with Gasteiger partial charge in [0.25, 0.3) is 0 Å². The number of furan rings is 1. The lowest BCUT2D eigenvalue weighted by Gasteiger charge is -2.37. The number of fused-ring (bicyclic) bond motifs is 1. The number of nitrogens with zero attached hydrogens (tertiary/aromatic N) is 2. The molecule has 7 heteroatoms. The maximum Gasteiger partial charge on any atom is 0.227 e.